The van der Waals surface area contributed by atoms with Gasteiger partial charge < -0.3 is 15.4 Å². The first-order valence-corrected chi connectivity index (χ1v) is 11.3. The van der Waals surface area contributed by atoms with Crippen LogP contribution in [-0.2, 0) is 20.7 Å². The lowest BCUT2D eigenvalue weighted by atomic mass is 10.1. The predicted octanol–water partition coefficient (Wildman–Crippen LogP) is 2.83. The topological polar surface area (TPSA) is 118 Å². The van der Waals surface area contributed by atoms with Gasteiger partial charge in [0.05, 0.1) is 7.11 Å². The molecule has 0 saturated carbocycles. The number of imide groups is 1. The number of hydrogen-bond acceptors (Lipinski definition) is 8. The molecule has 3 aromatic rings. The van der Waals surface area contributed by atoms with Crippen LogP contribution in [0.4, 0.5) is 9.93 Å². The molecule has 1 saturated heterocycles. The molecule has 9 nitrogen and oxygen atoms in total. The van der Waals surface area contributed by atoms with E-state index in [4.69, 9.17) is 0 Å². The fourth-order valence-corrected chi connectivity index (χ4v) is 4.73. The van der Waals surface area contributed by atoms with Gasteiger partial charge in [0.25, 0.3) is 5.91 Å². The molecule has 164 valence electrons. The number of methoxy groups -OCH3 is 1. The van der Waals surface area contributed by atoms with Crippen LogP contribution in [-0.4, -0.2) is 46.9 Å². The Morgan fingerprint density at radius 2 is 1.97 bits per heavy atom. The van der Waals surface area contributed by atoms with Crippen molar-refractivity contribution in [1.29, 1.82) is 0 Å². The molecule has 1 aliphatic heterocycles. The number of hydrogen-bond donors (Lipinski definition) is 2. The molecule has 4 rings (SSSR count). The lowest BCUT2D eigenvalue weighted by molar-refractivity contribution is -0.134. The van der Waals surface area contributed by atoms with Crippen LogP contribution in [0.1, 0.15) is 27.0 Å². The number of anilines is 1. The predicted molar refractivity (Wildman–Crippen MR) is 118 cm³/mol. The molecule has 1 fully saturated rings. The van der Waals surface area contributed by atoms with E-state index in [9.17, 15) is 19.2 Å². The second-order valence-electron chi connectivity index (χ2n) is 6.82. The fourth-order valence-electron chi connectivity index (χ4n) is 3.30. The van der Waals surface area contributed by atoms with Gasteiger partial charge in [-0.05, 0) is 17.0 Å². The number of thiazole rings is 1. The van der Waals surface area contributed by atoms with E-state index in [0.29, 0.717) is 5.56 Å². The summed E-state index contributed by atoms with van der Waals surface area (Å²) in [5.41, 5.74) is 0.688. The maximum absolute atomic E-state index is 13.2. The standard InChI is InChI=1S/C21H18N4O5S2/c1-30-19(28)14-11-32-20(22-14)24-17(26)15(10-13-8-5-9-31-13)25-18(27)16(23-21(25)29)12-6-3-2-4-7-12/h2-9,11,15-16H,10H2,1H3,(H,23,29)(H,22,24,26). The number of ether oxygens (including phenoxy) is 1. The Balaban J connectivity index is 1.59. The number of nitrogens with one attached hydrogen (secondary N) is 2. The van der Waals surface area contributed by atoms with Crippen molar-refractivity contribution in [2.24, 2.45) is 0 Å². The molecule has 0 radical (unpaired) electrons. The third-order valence-electron chi connectivity index (χ3n) is 4.82. The highest BCUT2D eigenvalue weighted by Crippen LogP contribution is 2.27. The van der Waals surface area contributed by atoms with E-state index in [1.165, 1.54) is 23.8 Å². The number of thiophene rings is 1. The van der Waals surface area contributed by atoms with Gasteiger partial charge in [0.1, 0.15) is 12.1 Å². The van der Waals surface area contributed by atoms with Gasteiger partial charge >= 0.3 is 12.0 Å². The lowest BCUT2D eigenvalue weighted by Crippen LogP contribution is -2.49. The van der Waals surface area contributed by atoms with Gasteiger partial charge in [-0.15, -0.1) is 22.7 Å². The molecule has 2 atom stereocenters. The Labute approximate surface area is 191 Å². The van der Waals surface area contributed by atoms with Gasteiger partial charge in [-0.3, -0.25) is 9.59 Å². The third-order valence-corrected chi connectivity index (χ3v) is 6.48. The zero-order chi connectivity index (χ0) is 22.7. The van der Waals surface area contributed by atoms with Crippen LogP contribution < -0.4 is 10.6 Å². The van der Waals surface area contributed by atoms with Crippen molar-refractivity contribution >= 4 is 51.6 Å². The molecule has 1 aliphatic rings. The average Bonchev–Trinajstić information content (AvgIpc) is 3.54. The Hall–Kier alpha value is -3.57. The van der Waals surface area contributed by atoms with Crippen molar-refractivity contribution in [1.82, 2.24) is 15.2 Å². The summed E-state index contributed by atoms with van der Waals surface area (Å²) in [6.45, 7) is 0. The number of aromatic nitrogens is 1. The summed E-state index contributed by atoms with van der Waals surface area (Å²) in [5, 5.41) is 8.75. The number of nitrogens with zero attached hydrogens (tertiary/aromatic N) is 2. The molecule has 0 spiro atoms. The number of esters is 1. The van der Waals surface area contributed by atoms with Crippen molar-refractivity contribution < 1.29 is 23.9 Å². The molecule has 2 N–H and O–H groups in total. The Morgan fingerprint density at radius 1 is 1.19 bits per heavy atom. The molecule has 2 aromatic heterocycles. The lowest BCUT2D eigenvalue weighted by Gasteiger charge is -2.23. The molecule has 0 aliphatic carbocycles. The molecule has 32 heavy (non-hydrogen) atoms. The number of urea groups is 1. The molecular weight excluding hydrogens is 452 g/mol. The number of rotatable bonds is 7. The van der Waals surface area contributed by atoms with Gasteiger partial charge in [-0.25, -0.2) is 19.5 Å². The summed E-state index contributed by atoms with van der Waals surface area (Å²) in [7, 11) is 1.23. The first-order valence-electron chi connectivity index (χ1n) is 9.53. The smallest absolute Gasteiger partial charge is 0.357 e. The highest BCUT2D eigenvalue weighted by atomic mass is 32.1. The Morgan fingerprint density at radius 3 is 2.66 bits per heavy atom. The molecule has 11 heteroatoms. The van der Waals surface area contributed by atoms with E-state index in [2.05, 4.69) is 20.4 Å². The summed E-state index contributed by atoms with van der Waals surface area (Å²) in [4.78, 5) is 56.6. The number of carbonyl (C=O) groups is 4. The summed E-state index contributed by atoms with van der Waals surface area (Å²) in [6, 6.07) is 9.89. The van der Waals surface area contributed by atoms with Crippen LogP contribution in [0.3, 0.4) is 0 Å². The maximum Gasteiger partial charge on any atom is 0.357 e. The summed E-state index contributed by atoms with van der Waals surface area (Å²) >= 11 is 2.46. The molecular formula is C21H18N4O5S2. The quantitative estimate of drug-likeness (QED) is 0.405. The van der Waals surface area contributed by atoms with E-state index in [0.717, 1.165) is 21.1 Å². The summed E-state index contributed by atoms with van der Waals surface area (Å²) in [6.07, 6.45) is 0.152. The van der Waals surface area contributed by atoms with Gasteiger partial charge in [0.15, 0.2) is 10.8 Å². The molecule has 0 bridgehead atoms. The number of carbonyl (C=O) groups excluding carboxylic acids is 4. The summed E-state index contributed by atoms with van der Waals surface area (Å²) in [5.74, 6) is -1.72. The second kappa shape index (κ2) is 9.28. The fraction of sp³-hybridized carbons (Fsp3) is 0.190. The van der Waals surface area contributed by atoms with E-state index >= 15 is 0 Å². The number of amides is 4. The van der Waals surface area contributed by atoms with Crippen LogP contribution >= 0.6 is 22.7 Å². The molecule has 1 aromatic carbocycles. The van der Waals surface area contributed by atoms with Gasteiger partial charge in [-0.1, -0.05) is 36.4 Å². The van der Waals surface area contributed by atoms with Crippen molar-refractivity contribution in [3.63, 3.8) is 0 Å². The number of benzene rings is 1. The van der Waals surface area contributed by atoms with Crippen LogP contribution in [0.25, 0.3) is 0 Å². The van der Waals surface area contributed by atoms with Crippen molar-refractivity contribution in [2.75, 3.05) is 12.4 Å². The third kappa shape index (κ3) is 4.39. The second-order valence-corrected chi connectivity index (χ2v) is 8.71. The first kappa shape index (κ1) is 21.7. The van der Waals surface area contributed by atoms with Crippen LogP contribution in [0.5, 0.6) is 0 Å². The van der Waals surface area contributed by atoms with Crippen molar-refractivity contribution in [3.05, 3.63) is 69.4 Å². The molecule has 4 amide bonds. The van der Waals surface area contributed by atoms with Gasteiger partial charge in [-0.2, -0.15) is 0 Å². The minimum Gasteiger partial charge on any atom is -0.464 e. The SMILES string of the molecule is COC(=O)c1csc(NC(=O)C(Cc2cccs2)N2C(=O)NC(c3ccccc3)C2=O)n1. The zero-order valence-corrected chi connectivity index (χ0v) is 18.4. The van der Waals surface area contributed by atoms with Crippen LogP contribution in [0, 0.1) is 0 Å². The Bertz CT molecular complexity index is 1150. The minimum atomic E-state index is -1.10. The minimum absolute atomic E-state index is 0.0572. The van der Waals surface area contributed by atoms with Crippen molar-refractivity contribution in [2.45, 2.75) is 18.5 Å². The molecule has 2 unspecified atom stereocenters. The van der Waals surface area contributed by atoms with E-state index < -0.39 is 35.9 Å². The molecule has 3 heterocycles. The summed E-state index contributed by atoms with van der Waals surface area (Å²) < 4.78 is 4.62. The van der Waals surface area contributed by atoms with E-state index in [1.54, 1.807) is 24.3 Å². The normalized spacial score (nSPS) is 16.5. The van der Waals surface area contributed by atoms with Gasteiger partial charge in [0, 0.05) is 16.7 Å². The van der Waals surface area contributed by atoms with E-state index in [-0.39, 0.29) is 17.2 Å². The van der Waals surface area contributed by atoms with Crippen LogP contribution in [0.2, 0.25) is 0 Å². The highest BCUT2D eigenvalue weighted by molar-refractivity contribution is 7.14. The maximum atomic E-state index is 13.2. The first-order chi connectivity index (χ1) is 15.5. The highest BCUT2D eigenvalue weighted by Gasteiger charge is 2.45. The van der Waals surface area contributed by atoms with E-state index in [1.807, 2.05) is 23.6 Å². The van der Waals surface area contributed by atoms with Gasteiger partial charge in [0.2, 0.25) is 5.91 Å². The zero-order valence-electron chi connectivity index (χ0n) is 16.8. The van der Waals surface area contributed by atoms with Crippen molar-refractivity contribution in [3.8, 4) is 0 Å². The Kier molecular flexibility index (Phi) is 6.28. The largest absolute Gasteiger partial charge is 0.464 e. The monoisotopic (exact) mass is 470 g/mol. The average molecular weight is 471 g/mol. The van der Waals surface area contributed by atoms with Crippen LogP contribution in [0.15, 0.2) is 53.2 Å².